The predicted octanol–water partition coefficient (Wildman–Crippen LogP) is 4.73. The Morgan fingerprint density at radius 3 is 2.38 bits per heavy atom. The van der Waals surface area contributed by atoms with Crippen molar-refractivity contribution in [1.29, 1.82) is 0 Å². The molecule has 0 saturated carbocycles. The minimum Gasteiger partial charge on any atom is -0.457 e. The molecule has 1 aromatic heterocycles. The van der Waals surface area contributed by atoms with Gasteiger partial charge in [-0.2, -0.15) is 0 Å². The number of rotatable bonds is 5. The first-order valence-corrected chi connectivity index (χ1v) is 7.95. The van der Waals surface area contributed by atoms with Gasteiger partial charge in [0.2, 0.25) is 0 Å². The summed E-state index contributed by atoms with van der Waals surface area (Å²) in [4.78, 5) is 12.3. The van der Waals surface area contributed by atoms with Crippen LogP contribution in [0.25, 0.3) is 0 Å². The molecule has 0 spiro atoms. The number of benzene rings is 1. The van der Waals surface area contributed by atoms with Crippen LogP contribution in [0.2, 0.25) is 0 Å². The maximum Gasteiger partial charge on any atom is 0.256 e. The van der Waals surface area contributed by atoms with Crippen molar-refractivity contribution in [3.8, 4) is 0 Å². The summed E-state index contributed by atoms with van der Waals surface area (Å²) in [7, 11) is 0. The molecule has 1 amide bonds. The fraction of sp³-hybridized carbons (Fsp3) is 0.353. The molecule has 21 heavy (non-hydrogen) atoms. The highest BCUT2D eigenvalue weighted by Gasteiger charge is 2.21. The molecule has 3 nitrogen and oxygen atoms in total. The second-order valence-corrected chi connectivity index (χ2v) is 6.12. The lowest BCUT2D eigenvalue weighted by molar-refractivity contribution is 0.0924. The van der Waals surface area contributed by atoms with Gasteiger partial charge in [-0.25, -0.2) is 0 Å². The summed E-state index contributed by atoms with van der Waals surface area (Å²) in [6.07, 6.45) is 2.51. The van der Waals surface area contributed by atoms with E-state index in [0.717, 1.165) is 12.0 Å². The number of aryl methyl sites for hydroxylation is 1. The lowest BCUT2D eigenvalue weighted by atomic mass is 9.94. The van der Waals surface area contributed by atoms with Crippen molar-refractivity contribution in [2.24, 2.45) is 5.92 Å². The van der Waals surface area contributed by atoms with Crippen LogP contribution in [0.5, 0.6) is 0 Å². The van der Waals surface area contributed by atoms with Crippen LogP contribution in [-0.2, 0) is 6.42 Å². The summed E-state index contributed by atoms with van der Waals surface area (Å²) < 4.78 is 5.58. The molecule has 0 saturated heterocycles. The third-order valence-electron chi connectivity index (χ3n) is 3.56. The van der Waals surface area contributed by atoms with E-state index in [-0.39, 0.29) is 11.9 Å². The molecule has 2 aromatic rings. The summed E-state index contributed by atoms with van der Waals surface area (Å²) in [5.74, 6) is 0.168. The lowest BCUT2D eigenvalue weighted by Crippen LogP contribution is -2.31. The van der Waals surface area contributed by atoms with Crippen LogP contribution in [0.3, 0.4) is 0 Å². The average Bonchev–Trinajstić information content (AvgIpc) is 2.90. The zero-order valence-corrected chi connectivity index (χ0v) is 14.1. The highest BCUT2D eigenvalue weighted by atomic mass is 79.9. The first-order valence-electron chi connectivity index (χ1n) is 7.15. The van der Waals surface area contributed by atoms with E-state index in [4.69, 9.17) is 4.42 Å². The second-order valence-electron chi connectivity index (χ2n) is 5.40. The molecule has 2 rings (SSSR count). The van der Waals surface area contributed by atoms with Gasteiger partial charge in [0.1, 0.15) is 0 Å². The van der Waals surface area contributed by atoms with E-state index in [1.54, 1.807) is 6.07 Å². The van der Waals surface area contributed by atoms with Crippen LogP contribution in [0.4, 0.5) is 0 Å². The van der Waals surface area contributed by atoms with Crippen molar-refractivity contribution in [3.05, 3.63) is 58.0 Å². The largest absolute Gasteiger partial charge is 0.457 e. The monoisotopic (exact) mass is 349 g/mol. The van der Waals surface area contributed by atoms with Crippen LogP contribution < -0.4 is 5.32 Å². The van der Waals surface area contributed by atoms with Gasteiger partial charge in [0.25, 0.3) is 5.91 Å². The number of carbonyl (C=O) groups excluding carboxylic acids is 1. The Morgan fingerprint density at radius 2 is 1.90 bits per heavy atom. The molecule has 1 aromatic carbocycles. The minimum absolute atomic E-state index is 0.0230. The van der Waals surface area contributed by atoms with Gasteiger partial charge < -0.3 is 9.73 Å². The minimum atomic E-state index is -0.131. The van der Waals surface area contributed by atoms with E-state index in [0.29, 0.717) is 16.2 Å². The topological polar surface area (TPSA) is 42.2 Å². The molecule has 1 unspecified atom stereocenters. The SMILES string of the molecule is CCc1ccc(C(NC(=O)c2ccoc2Br)C(C)C)cc1. The van der Waals surface area contributed by atoms with Gasteiger partial charge in [-0.1, -0.05) is 45.0 Å². The smallest absolute Gasteiger partial charge is 0.256 e. The highest BCUT2D eigenvalue weighted by Crippen LogP contribution is 2.24. The third-order valence-corrected chi connectivity index (χ3v) is 4.18. The molecule has 0 fully saturated rings. The van der Waals surface area contributed by atoms with Crippen molar-refractivity contribution in [3.63, 3.8) is 0 Å². The number of furan rings is 1. The van der Waals surface area contributed by atoms with E-state index < -0.39 is 0 Å². The number of hydrogen-bond donors (Lipinski definition) is 1. The maximum absolute atomic E-state index is 12.3. The van der Waals surface area contributed by atoms with Crippen LogP contribution in [0.15, 0.2) is 45.7 Å². The Hall–Kier alpha value is -1.55. The Kier molecular flexibility index (Phi) is 5.23. The normalized spacial score (nSPS) is 12.4. The number of halogens is 1. The van der Waals surface area contributed by atoms with Crippen LogP contribution in [0, 0.1) is 5.92 Å². The summed E-state index contributed by atoms with van der Waals surface area (Å²) in [6.45, 7) is 6.33. The molecule has 4 heteroatoms. The van der Waals surface area contributed by atoms with Crippen molar-refractivity contribution < 1.29 is 9.21 Å². The Bertz CT molecular complexity index is 602. The van der Waals surface area contributed by atoms with Crippen molar-refractivity contribution in [2.45, 2.75) is 33.2 Å². The first-order chi connectivity index (χ1) is 10.0. The molecule has 112 valence electrons. The van der Waals surface area contributed by atoms with Gasteiger partial charge in [0, 0.05) is 0 Å². The zero-order valence-electron chi connectivity index (χ0n) is 12.5. The molecular formula is C17H20BrNO2. The molecule has 0 aliphatic rings. The van der Waals surface area contributed by atoms with Gasteiger partial charge in [0.05, 0.1) is 17.9 Å². The summed E-state index contributed by atoms with van der Waals surface area (Å²) in [6, 6.07) is 10.1. The van der Waals surface area contributed by atoms with Crippen molar-refractivity contribution in [1.82, 2.24) is 5.32 Å². The maximum atomic E-state index is 12.3. The number of nitrogens with one attached hydrogen (secondary N) is 1. The zero-order chi connectivity index (χ0) is 15.4. The Morgan fingerprint density at radius 1 is 1.24 bits per heavy atom. The van der Waals surface area contributed by atoms with Gasteiger partial charge in [0.15, 0.2) is 4.67 Å². The summed E-state index contributed by atoms with van der Waals surface area (Å²) >= 11 is 3.24. The molecule has 1 atom stereocenters. The molecule has 0 bridgehead atoms. The Labute approximate surface area is 133 Å². The van der Waals surface area contributed by atoms with Gasteiger partial charge in [-0.05, 0) is 45.5 Å². The van der Waals surface area contributed by atoms with E-state index in [1.165, 1.54) is 11.8 Å². The predicted molar refractivity (Wildman–Crippen MR) is 87.3 cm³/mol. The first kappa shape index (κ1) is 15.8. The van der Waals surface area contributed by atoms with E-state index in [1.807, 2.05) is 0 Å². The van der Waals surface area contributed by atoms with Crippen LogP contribution in [0.1, 0.15) is 48.3 Å². The van der Waals surface area contributed by atoms with E-state index in [9.17, 15) is 4.79 Å². The van der Waals surface area contributed by atoms with Crippen molar-refractivity contribution in [2.75, 3.05) is 0 Å². The molecule has 0 aliphatic carbocycles. The van der Waals surface area contributed by atoms with Gasteiger partial charge >= 0.3 is 0 Å². The fourth-order valence-corrected chi connectivity index (χ4v) is 2.69. The van der Waals surface area contributed by atoms with Gasteiger partial charge in [-0.3, -0.25) is 4.79 Å². The molecule has 1 N–H and O–H groups in total. The molecule has 0 radical (unpaired) electrons. The molecular weight excluding hydrogens is 330 g/mol. The lowest BCUT2D eigenvalue weighted by Gasteiger charge is -2.23. The van der Waals surface area contributed by atoms with Gasteiger partial charge in [-0.15, -0.1) is 0 Å². The van der Waals surface area contributed by atoms with E-state index in [2.05, 4.69) is 66.3 Å². The van der Waals surface area contributed by atoms with Crippen molar-refractivity contribution >= 4 is 21.8 Å². The number of hydrogen-bond acceptors (Lipinski definition) is 2. The number of carbonyl (C=O) groups is 1. The summed E-state index contributed by atoms with van der Waals surface area (Å²) in [5.41, 5.74) is 2.94. The highest BCUT2D eigenvalue weighted by molar-refractivity contribution is 9.10. The second kappa shape index (κ2) is 6.94. The Balaban J connectivity index is 2.19. The standard InChI is InChI=1S/C17H20BrNO2/c1-4-12-5-7-13(8-6-12)15(11(2)3)19-17(20)14-9-10-21-16(14)18/h5-11,15H,4H2,1-3H3,(H,19,20). The number of amides is 1. The molecule has 1 heterocycles. The average molecular weight is 350 g/mol. The fourth-order valence-electron chi connectivity index (χ4n) is 2.27. The van der Waals surface area contributed by atoms with E-state index >= 15 is 0 Å². The summed E-state index contributed by atoms with van der Waals surface area (Å²) in [5, 5.41) is 3.08. The molecule has 0 aliphatic heterocycles. The quantitative estimate of drug-likeness (QED) is 0.847. The van der Waals surface area contributed by atoms with Crippen LogP contribution in [-0.4, -0.2) is 5.91 Å². The third kappa shape index (κ3) is 3.76. The van der Waals surface area contributed by atoms with Crippen LogP contribution >= 0.6 is 15.9 Å².